The highest BCUT2D eigenvalue weighted by Gasteiger charge is 2.22. The van der Waals surface area contributed by atoms with E-state index in [1.807, 2.05) is 0 Å². The van der Waals surface area contributed by atoms with E-state index in [0.717, 1.165) is 0 Å². The lowest BCUT2D eigenvalue weighted by Crippen LogP contribution is -2.03. The zero-order chi connectivity index (χ0) is 8.85. The predicted octanol–water partition coefficient (Wildman–Crippen LogP) is 0.767. The zero-order valence-corrected chi connectivity index (χ0v) is 7.10. The summed E-state index contributed by atoms with van der Waals surface area (Å²) in [5.41, 5.74) is -0.0492. The van der Waals surface area contributed by atoms with Crippen molar-refractivity contribution in [2.24, 2.45) is 0 Å². The number of hydrogen-bond acceptors (Lipinski definition) is 3. The second-order valence-electron chi connectivity index (χ2n) is 1.73. The van der Waals surface area contributed by atoms with Gasteiger partial charge in [0.1, 0.15) is 5.57 Å². The van der Waals surface area contributed by atoms with Crippen molar-refractivity contribution in [1.29, 1.82) is 0 Å². The average molecular weight is 177 g/mol. The van der Waals surface area contributed by atoms with Crippen molar-refractivity contribution in [3.8, 4) is 0 Å². The number of carbonyl (C=O) groups is 1. The molecule has 0 fully saturated rings. The summed E-state index contributed by atoms with van der Waals surface area (Å²) in [7, 11) is 0. The van der Waals surface area contributed by atoms with E-state index in [1.54, 1.807) is 6.92 Å². The van der Waals surface area contributed by atoms with Gasteiger partial charge in [-0.15, -0.1) is 0 Å². The first-order chi connectivity index (χ1) is 5.13. The second kappa shape index (κ2) is 4.79. The van der Waals surface area contributed by atoms with E-state index >= 15 is 0 Å². The number of aliphatic carboxylic acids is 1. The summed E-state index contributed by atoms with van der Waals surface area (Å²) >= 11 is 0.0575. The number of hydrogen-bond donors (Lipinski definition) is 1. The highest BCUT2D eigenvalue weighted by molar-refractivity contribution is 7.69. The van der Waals surface area contributed by atoms with E-state index in [0.29, 0.717) is 6.61 Å². The van der Waals surface area contributed by atoms with E-state index < -0.39 is 5.97 Å². The van der Waals surface area contributed by atoms with Gasteiger partial charge in [0.25, 0.3) is 0 Å². The molecular formula is C6H9O4S+. The molecule has 0 aliphatic rings. The molecule has 5 heteroatoms. The molecule has 0 bridgehead atoms. The topological polar surface area (TPSA) is 63.6 Å². The summed E-state index contributed by atoms with van der Waals surface area (Å²) in [6, 6.07) is 0. The van der Waals surface area contributed by atoms with E-state index in [4.69, 9.17) is 9.84 Å². The SMILES string of the molecule is CCOC([S+]=O)=C(C)C(=O)O. The van der Waals surface area contributed by atoms with E-state index in [2.05, 4.69) is 0 Å². The third-order valence-electron chi connectivity index (χ3n) is 0.978. The van der Waals surface area contributed by atoms with E-state index in [1.165, 1.54) is 6.92 Å². The fraction of sp³-hybridized carbons (Fsp3) is 0.500. The van der Waals surface area contributed by atoms with Crippen molar-refractivity contribution in [2.45, 2.75) is 13.8 Å². The second-order valence-corrected chi connectivity index (χ2v) is 2.27. The fourth-order valence-electron chi connectivity index (χ4n) is 0.413. The van der Waals surface area contributed by atoms with Crippen LogP contribution in [0.2, 0.25) is 0 Å². The summed E-state index contributed by atoms with van der Waals surface area (Å²) in [5, 5.41) is 8.35. The Kier molecular flexibility index (Phi) is 4.36. The quantitative estimate of drug-likeness (QED) is 0.391. The van der Waals surface area contributed by atoms with Crippen LogP contribution in [0, 0.1) is 0 Å². The Morgan fingerprint density at radius 2 is 2.18 bits per heavy atom. The number of carboxylic acid groups (broad SMARTS) is 1. The minimum atomic E-state index is -1.13. The van der Waals surface area contributed by atoms with Gasteiger partial charge in [0, 0.05) is 4.21 Å². The van der Waals surface area contributed by atoms with Gasteiger partial charge in [0.05, 0.1) is 6.61 Å². The molecule has 0 saturated carbocycles. The van der Waals surface area contributed by atoms with Crippen molar-refractivity contribution >= 4 is 17.6 Å². The van der Waals surface area contributed by atoms with Gasteiger partial charge in [-0.3, -0.25) is 0 Å². The molecule has 0 saturated heterocycles. The first-order valence-electron chi connectivity index (χ1n) is 3.00. The van der Waals surface area contributed by atoms with Gasteiger partial charge >= 0.3 is 22.7 Å². The molecule has 0 atom stereocenters. The monoisotopic (exact) mass is 177 g/mol. The Hall–Kier alpha value is -0.970. The van der Waals surface area contributed by atoms with Gasteiger partial charge in [-0.05, 0) is 13.8 Å². The summed E-state index contributed by atoms with van der Waals surface area (Å²) < 4.78 is 15.0. The summed E-state index contributed by atoms with van der Waals surface area (Å²) in [6.07, 6.45) is 0. The molecule has 62 valence electrons. The van der Waals surface area contributed by atoms with Gasteiger partial charge in [-0.1, -0.05) is 0 Å². The van der Waals surface area contributed by atoms with Gasteiger partial charge in [-0.25, -0.2) is 4.79 Å². The van der Waals surface area contributed by atoms with Crippen molar-refractivity contribution in [3.63, 3.8) is 0 Å². The Bertz CT molecular complexity index is 197. The first-order valence-corrected chi connectivity index (χ1v) is 3.74. The van der Waals surface area contributed by atoms with Crippen LogP contribution in [-0.2, 0) is 25.4 Å². The molecule has 0 aromatic heterocycles. The Morgan fingerprint density at radius 1 is 1.64 bits per heavy atom. The van der Waals surface area contributed by atoms with Gasteiger partial charge in [-0.2, -0.15) is 0 Å². The molecule has 11 heavy (non-hydrogen) atoms. The first kappa shape index (κ1) is 10.0. The molecule has 0 unspecified atom stereocenters. The Labute approximate surface area is 68.3 Å². The van der Waals surface area contributed by atoms with Crippen molar-refractivity contribution in [1.82, 2.24) is 0 Å². The van der Waals surface area contributed by atoms with Crippen LogP contribution >= 0.6 is 0 Å². The summed E-state index contributed by atoms with van der Waals surface area (Å²) in [6.45, 7) is 3.32. The van der Waals surface area contributed by atoms with Crippen LogP contribution < -0.4 is 0 Å². The molecule has 0 aliphatic heterocycles. The van der Waals surface area contributed by atoms with Crippen LogP contribution in [0.3, 0.4) is 0 Å². The van der Waals surface area contributed by atoms with Gasteiger partial charge in [0.2, 0.25) is 0 Å². The highest BCUT2D eigenvalue weighted by Crippen LogP contribution is 2.04. The van der Waals surface area contributed by atoms with Crippen LogP contribution in [0.4, 0.5) is 0 Å². The van der Waals surface area contributed by atoms with Crippen LogP contribution in [0.1, 0.15) is 13.8 Å². The molecule has 0 aliphatic carbocycles. The molecule has 0 spiro atoms. The number of ether oxygens (including phenoxy) is 1. The standard InChI is InChI=1S/C6H8O4S/c1-3-10-6(11-9)4(2)5(7)8/h3H2,1-2H3/p+1. The van der Waals surface area contributed by atoms with Crippen molar-refractivity contribution in [2.75, 3.05) is 6.61 Å². The average Bonchev–Trinajstić information content (AvgIpc) is 1.98. The van der Waals surface area contributed by atoms with Crippen LogP contribution in [0.25, 0.3) is 0 Å². The van der Waals surface area contributed by atoms with Crippen molar-refractivity contribution in [3.05, 3.63) is 10.7 Å². The predicted molar refractivity (Wildman–Crippen MR) is 40.0 cm³/mol. The maximum atomic E-state index is 10.3. The molecule has 0 rings (SSSR count). The molecule has 0 aromatic carbocycles. The zero-order valence-electron chi connectivity index (χ0n) is 6.29. The lowest BCUT2D eigenvalue weighted by Gasteiger charge is -1.92. The van der Waals surface area contributed by atoms with Gasteiger partial charge < -0.3 is 9.84 Å². The van der Waals surface area contributed by atoms with Crippen LogP contribution in [0.15, 0.2) is 10.7 Å². The van der Waals surface area contributed by atoms with Crippen LogP contribution in [-0.4, -0.2) is 17.7 Å². The molecule has 0 aromatic rings. The van der Waals surface area contributed by atoms with Crippen LogP contribution in [0.5, 0.6) is 0 Å². The molecule has 4 nitrogen and oxygen atoms in total. The lowest BCUT2D eigenvalue weighted by atomic mass is 10.3. The number of carboxylic acids is 1. The molecule has 1 N–H and O–H groups in total. The van der Waals surface area contributed by atoms with E-state index in [-0.39, 0.29) is 22.3 Å². The maximum absolute atomic E-state index is 10.3. The molecule has 0 amide bonds. The molecule has 0 radical (unpaired) electrons. The summed E-state index contributed by atoms with van der Waals surface area (Å²) in [5.74, 6) is -1.13. The molecular weight excluding hydrogens is 168 g/mol. The van der Waals surface area contributed by atoms with E-state index in [9.17, 15) is 9.00 Å². The normalized spacial score (nSPS) is 11.8. The fourth-order valence-corrected chi connectivity index (χ4v) is 0.791. The molecule has 0 heterocycles. The Morgan fingerprint density at radius 3 is 2.45 bits per heavy atom. The maximum Gasteiger partial charge on any atom is 0.547 e. The van der Waals surface area contributed by atoms with Crippen molar-refractivity contribution < 1.29 is 18.8 Å². The van der Waals surface area contributed by atoms with Gasteiger partial charge in [0.15, 0.2) is 0 Å². The smallest absolute Gasteiger partial charge is 0.478 e. The third kappa shape index (κ3) is 3.08. The highest BCUT2D eigenvalue weighted by atomic mass is 32.1. The largest absolute Gasteiger partial charge is 0.547 e. The number of rotatable bonds is 4. The minimum absolute atomic E-state index is 0.0492. The summed E-state index contributed by atoms with van der Waals surface area (Å²) in [4.78, 5) is 10.3. The lowest BCUT2D eigenvalue weighted by molar-refractivity contribution is -0.132. The Balaban J connectivity index is 4.53. The third-order valence-corrected chi connectivity index (χ3v) is 1.55. The minimum Gasteiger partial charge on any atom is -0.478 e.